The van der Waals surface area contributed by atoms with Crippen molar-refractivity contribution in [3.05, 3.63) is 11.6 Å². The topological polar surface area (TPSA) is 73.0 Å². The molecule has 1 heterocycles. The van der Waals surface area contributed by atoms with Crippen LogP contribution in [0.2, 0.25) is 0 Å². The molecule has 0 aromatic carbocycles. The van der Waals surface area contributed by atoms with Gasteiger partial charge in [0.1, 0.15) is 6.04 Å². The fourth-order valence-corrected chi connectivity index (χ4v) is 3.97. The molecular formula is C23H42N4O3. The van der Waals surface area contributed by atoms with Gasteiger partial charge in [0.05, 0.1) is 12.1 Å². The number of nitrogens with one attached hydrogen (secondary N) is 1. The Morgan fingerprint density at radius 1 is 1.03 bits per heavy atom. The molecule has 7 nitrogen and oxygen atoms in total. The van der Waals surface area contributed by atoms with Crippen molar-refractivity contribution in [3.63, 3.8) is 0 Å². The Hall–Kier alpha value is -1.89. The molecule has 1 saturated heterocycles. The first-order chi connectivity index (χ1) is 13.9. The predicted octanol–water partition coefficient (Wildman–Crippen LogP) is 2.13. The van der Waals surface area contributed by atoms with Gasteiger partial charge in [-0.05, 0) is 45.2 Å². The number of nitrogens with zero attached hydrogens (tertiary/aromatic N) is 3. The number of hydrogen-bond donors (Lipinski definition) is 1. The minimum absolute atomic E-state index is 0.0425. The van der Waals surface area contributed by atoms with E-state index in [9.17, 15) is 14.4 Å². The summed E-state index contributed by atoms with van der Waals surface area (Å²) in [5.41, 5.74) is 0.604. The standard InChI is InChI=1S/C23H42N4O3/c1-15(2)19(14-17(5)22(29)25(6)7)27(9)23(30)20(16(3)4)24-21(28)18-12-10-11-13-26(18)8/h14-16,18-20H,10-13H2,1-9H3,(H,24,28)/b17-14+/t18?,19-,20+/m1/s1. The highest BCUT2D eigenvalue weighted by Gasteiger charge is 2.34. The Balaban J connectivity index is 3.03. The predicted molar refractivity (Wildman–Crippen MR) is 121 cm³/mol. The Morgan fingerprint density at radius 3 is 2.10 bits per heavy atom. The smallest absolute Gasteiger partial charge is 0.248 e. The van der Waals surface area contributed by atoms with Gasteiger partial charge in [0.2, 0.25) is 17.7 Å². The minimum Gasteiger partial charge on any atom is -0.345 e. The van der Waals surface area contributed by atoms with E-state index in [4.69, 9.17) is 0 Å². The van der Waals surface area contributed by atoms with Crippen LogP contribution in [0, 0.1) is 11.8 Å². The molecule has 0 radical (unpaired) electrons. The monoisotopic (exact) mass is 422 g/mol. The highest BCUT2D eigenvalue weighted by atomic mass is 16.2. The number of carbonyl (C=O) groups is 3. The van der Waals surface area contributed by atoms with Crippen molar-refractivity contribution < 1.29 is 14.4 Å². The van der Waals surface area contributed by atoms with E-state index in [1.807, 2.05) is 40.8 Å². The number of likely N-dealkylation sites (N-methyl/N-ethyl adjacent to an activating group) is 3. The third-order valence-corrected chi connectivity index (χ3v) is 5.95. The second-order valence-corrected chi connectivity index (χ2v) is 9.46. The van der Waals surface area contributed by atoms with E-state index in [0.29, 0.717) is 5.57 Å². The van der Waals surface area contributed by atoms with Gasteiger partial charge in [-0.15, -0.1) is 0 Å². The molecule has 172 valence electrons. The van der Waals surface area contributed by atoms with Crippen LogP contribution in [0.4, 0.5) is 0 Å². The quantitative estimate of drug-likeness (QED) is 0.608. The van der Waals surface area contributed by atoms with Crippen molar-refractivity contribution in [1.82, 2.24) is 20.0 Å². The van der Waals surface area contributed by atoms with Gasteiger partial charge >= 0.3 is 0 Å². The minimum atomic E-state index is -0.600. The lowest BCUT2D eigenvalue weighted by Crippen LogP contribution is -2.57. The molecule has 1 aliphatic rings. The number of piperidine rings is 1. The maximum absolute atomic E-state index is 13.4. The lowest BCUT2D eigenvalue weighted by molar-refractivity contribution is -0.139. The molecule has 1 rings (SSSR count). The van der Waals surface area contributed by atoms with E-state index < -0.39 is 6.04 Å². The highest BCUT2D eigenvalue weighted by Crippen LogP contribution is 2.19. The van der Waals surface area contributed by atoms with Crippen molar-refractivity contribution in [1.29, 1.82) is 0 Å². The summed E-state index contributed by atoms with van der Waals surface area (Å²) in [6.45, 7) is 10.6. The molecular weight excluding hydrogens is 380 g/mol. The van der Waals surface area contributed by atoms with E-state index in [0.717, 1.165) is 25.8 Å². The average molecular weight is 423 g/mol. The van der Waals surface area contributed by atoms with Crippen molar-refractivity contribution in [2.45, 2.75) is 72.0 Å². The summed E-state index contributed by atoms with van der Waals surface area (Å²) < 4.78 is 0. The summed E-state index contributed by atoms with van der Waals surface area (Å²) >= 11 is 0. The van der Waals surface area contributed by atoms with E-state index in [-0.39, 0.29) is 41.6 Å². The van der Waals surface area contributed by atoms with Crippen LogP contribution in [-0.4, -0.2) is 85.3 Å². The Morgan fingerprint density at radius 2 is 1.63 bits per heavy atom. The van der Waals surface area contributed by atoms with Crippen LogP contribution in [-0.2, 0) is 14.4 Å². The van der Waals surface area contributed by atoms with Crippen LogP contribution in [0.5, 0.6) is 0 Å². The molecule has 7 heteroatoms. The van der Waals surface area contributed by atoms with Crippen molar-refractivity contribution >= 4 is 17.7 Å². The van der Waals surface area contributed by atoms with Crippen LogP contribution in [0.3, 0.4) is 0 Å². The van der Waals surface area contributed by atoms with Gasteiger partial charge in [-0.25, -0.2) is 0 Å². The summed E-state index contributed by atoms with van der Waals surface area (Å²) in [5, 5.41) is 3.02. The molecule has 30 heavy (non-hydrogen) atoms. The largest absolute Gasteiger partial charge is 0.345 e. The van der Waals surface area contributed by atoms with E-state index >= 15 is 0 Å². The van der Waals surface area contributed by atoms with Crippen LogP contribution in [0.15, 0.2) is 11.6 Å². The highest BCUT2D eigenvalue weighted by molar-refractivity contribution is 5.93. The van der Waals surface area contributed by atoms with Gasteiger partial charge in [0, 0.05) is 26.7 Å². The van der Waals surface area contributed by atoms with Gasteiger partial charge in [-0.3, -0.25) is 19.3 Å². The van der Waals surface area contributed by atoms with E-state index in [1.54, 1.807) is 33.0 Å². The first-order valence-electron chi connectivity index (χ1n) is 11.1. The average Bonchev–Trinajstić information content (AvgIpc) is 2.67. The molecule has 1 fully saturated rings. The molecule has 3 amide bonds. The van der Waals surface area contributed by atoms with Crippen LogP contribution >= 0.6 is 0 Å². The zero-order valence-electron chi connectivity index (χ0n) is 20.4. The lowest BCUT2D eigenvalue weighted by Gasteiger charge is -2.36. The maximum Gasteiger partial charge on any atom is 0.248 e. The van der Waals surface area contributed by atoms with Gasteiger partial charge in [-0.1, -0.05) is 40.2 Å². The molecule has 0 bridgehead atoms. The molecule has 0 saturated carbocycles. The molecule has 0 aliphatic carbocycles. The van der Waals surface area contributed by atoms with E-state index in [2.05, 4.69) is 10.2 Å². The SMILES string of the molecule is C/C(=C\[C@H](C(C)C)N(C)C(=O)[C@@H](NC(=O)C1CCCCN1C)C(C)C)C(=O)N(C)C. The lowest BCUT2D eigenvalue weighted by atomic mass is 9.96. The van der Waals surface area contributed by atoms with Gasteiger partial charge in [0.25, 0.3) is 0 Å². The molecule has 0 aromatic heterocycles. The zero-order chi connectivity index (χ0) is 23.2. The van der Waals surface area contributed by atoms with Gasteiger partial charge in [-0.2, -0.15) is 0 Å². The van der Waals surface area contributed by atoms with Gasteiger partial charge < -0.3 is 15.1 Å². The van der Waals surface area contributed by atoms with Crippen molar-refractivity contribution in [2.75, 3.05) is 34.7 Å². The van der Waals surface area contributed by atoms with Crippen LogP contribution < -0.4 is 5.32 Å². The number of rotatable bonds is 8. The normalized spacial score (nSPS) is 20.1. The molecule has 1 N–H and O–H groups in total. The third kappa shape index (κ3) is 6.83. The molecule has 0 spiro atoms. The number of carbonyl (C=O) groups excluding carboxylic acids is 3. The first kappa shape index (κ1) is 26.1. The molecule has 1 unspecified atom stereocenters. The fourth-order valence-electron chi connectivity index (χ4n) is 3.97. The fraction of sp³-hybridized carbons (Fsp3) is 0.783. The Bertz CT molecular complexity index is 642. The number of amides is 3. The second kappa shape index (κ2) is 11.5. The third-order valence-electron chi connectivity index (χ3n) is 5.95. The molecule has 0 aromatic rings. The van der Waals surface area contributed by atoms with Crippen molar-refractivity contribution in [2.24, 2.45) is 11.8 Å². The zero-order valence-corrected chi connectivity index (χ0v) is 20.4. The summed E-state index contributed by atoms with van der Waals surface area (Å²) in [5.74, 6) is -0.198. The second-order valence-electron chi connectivity index (χ2n) is 9.46. The molecule has 1 aliphatic heterocycles. The van der Waals surface area contributed by atoms with Crippen molar-refractivity contribution in [3.8, 4) is 0 Å². The van der Waals surface area contributed by atoms with Gasteiger partial charge in [0.15, 0.2) is 0 Å². The number of likely N-dealkylation sites (tertiary alicyclic amines) is 1. The summed E-state index contributed by atoms with van der Waals surface area (Å²) in [4.78, 5) is 43.9. The molecule has 3 atom stereocenters. The summed E-state index contributed by atoms with van der Waals surface area (Å²) in [6.07, 6.45) is 4.81. The Kier molecular flexibility index (Phi) is 10.0. The Labute approximate surface area is 182 Å². The summed E-state index contributed by atoms with van der Waals surface area (Å²) in [7, 11) is 7.15. The first-order valence-corrected chi connectivity index (χ1v) is 11.1. The maximum atomic E-state index is 13.4. The van der Waals surface area contributed by atoms with Crippen LogP contribution in [0.1, 0.15) is 53.9 Å². The summed E-state index contributed by atoms with van der Waals surface area (Å²) in [6, 6.07) is -1.02. The van der Waals surface area contributed by atoms with Crippen LogP contribution in [0.25, 0.3) is 0 Å². The number of hydrogen-bond acceptors (Lipinski definition) is 4. The van der Waals surface area contributed by atoms with E-state index in [1.165, 1.54) is 4.90 Å².